The highest BCUT2D eigenvalue weighted by Crippen LogP contribution is 2.61. The van der Waals surface area contributed by atoms with Crippen LogP contribution in [-0.4, -0.2) is 30.6 Å². The summed E-state index contributed by atoms with van der Waals surface area (Å²) in [5, 5.41) is 0. The maximum atomic E-state index is 5.86. The summed E-state index contributed by atoms with van der Waals surface area (Å²) in [5.74, 6) is 3.33. The van der Waals surface area contributed by atoms with Gasteiger partial charge in [0.1, 0.15) is 0 Å². The average Bonchev–Trinajstić information content (AvgIpc) is 2.21. The summed E-state index contributed by atoms with van der Waals surface area (Å²) < 4.78 is 0. The summed E-state index contributed by atoms with van der Waals surface area (Å²) >= 11 is 0. The van der Waals surface area contributed by atoms with Crippen LogP contribution in [-0.2, 0) is 0 Å². The van der Waals surface area contributed by atoms with E-state index in [-0.39, 0.29) is 0 Å². The molecule has 5 fully saturated rings. The van der Waals surface area contributed by atoms with Crippen molar-refractivity contribution in [2.24, 2.45) is 28.9 Å². The monoisotopic (exact) mass is 234 g/mol. The van der Waals surface area contributed by atoms with Crippen LogP contribution in [0.3, 0.4) is 0 Å². The Bertz CT molecular complexity index is 271. The van der Waals surface area contributed by atoms with Gasteiger partial charge in [0.25, 0.3) is 0 Å². The largest absolute Gasteiger partial charge is 0.325 e. The van der Waals surface area contributed by atoms with E-state index in [0.29, 0.717) is 6.04 Å². The number of hydrogen-bond donors (Lipinski definition) is 1. The molecule has 0 radical (unpaired) electrons. The molecule has 1 aliphatic heterocycles. The van der Waals surface area contributed by atoms with Gasteiger partial charge in [-0.1, -0.05) is 0 Å². The van der Waals surface area contributed by atoms with Gasteiger partial charge < -0.3 is 10.6 Å². The molecule has 0 spiro atoms. The Kier molecular flexibility index (Phi) is 2.36. The van der Waals surface area contributed by atoms with Gasteiger partial charge in [0.2, 0.25) is 0 Å². The zero-order valence-electron chi connectivity index (χ0n) is 10.9. The maximum Gasteiger partial charge on any atom is 0.0297 e. The quantitative estimate of drug-likeness (QED) is 0.811. The van der Waals surface area contributed by atoms with Crippen molar-refractivity contribution >= 4 is 0 Å². The molecule has 2 heteroatoms. The Morgan fingerprint density at radius 1 is 0.941 bits per heavy atom. The third-order valence-electron chi connectivity index (χ3n) is 6.11. The topological polar surface area (TPSA) is 29.3 Å². The molecule has 0 aromatic rings. The first-order valence-electron chi connectivity index (χ1n) is 7.69. The van der Waals surface area contributed by atoms with E-state index in [1.54, 1.807) is 38.5 Å². The fraction of sp³-hybridized carbons (Fsp3) is 1.00. The molecule has 0 unspecified atom stereocenters. The van der Waals surface area contributed by atoms with Gasteiger partial charge in [-0.2, -0.15) is 0 Å². The second-order valence-corrected chi connectivity index (χ2v) is 7.69. The van der Waals surface area contributed by atoms with Crippen LogP contribution in [0, 0.1) is 23.2 Å². The van der Waals surface area contributed by atoms with E-state index < -0.39 is 0 Å². The van der Waals surface area contributed by atoms with Crippen LogP contribution in [0.2, 0.25) is 0 Å². The summed E-state index contributed by atoms with van der Waals surface area (Å²) in [7, 11) is 0. The van der Waals surface area contributed by atoms with Gasteiger partial charge >= 0.3 is 0 Å². The van der Waals surface area contributed by atoms with E-state index >= 15 is 0 Å². The van der Waals surface area contributed by atoms with Crippen molar-refractivity contribution in [1.29, 1.82) is 0 Å². The Labute approximate surface area is 105 Å². The van der Waals surface area contributed by atoms with Crippen molar-refractivity contribution in [3.63, 3.8) is 0 Å². The van der Waals surface area contributed by atoms with E-state index in [9.17, 15) is 0 Å². The number of rotatable bonds is 3. The van der Waals surface area contributed by atoms with Crippen molar-refractivity contribution in [3.8, 4) is 0 Å². The van der Waals surface area contributed by atoms with E-state index in [4.69, 9.17) is 5.73 Å². The van der Waals surface area contributed by atoms with Crippen LogP contribution >= 0.6 is 0 Å². The van der Waals surface area contributed by atoms with E-state index in [2.05, 4.69) is 4.90 Å². The Hall–Kier alpha value is -0.0800. The highest BCUT2D eigenvalue weighted by atomic mass is 15.2. The number of likely N-dealkylation sites (tertiary alicyclic amines) is 1. The fourth-order valence-corrected chi connectivity index (χ4v) is 5.78. The molecular formula is C15H26N2. The average molecular weight is 234 g/mol. The normalized spacial score (nSPS) is 49.6. The summed E-state index contributed by atoms with van der Waals surface area (Å²) in [6, 6.07) is 0.478. The third-order valence-corrected chi connectivity index (χ3v) is 6.11. The minimum Gasteiger partial charge on any atom is -0.325 e. The second kappa shape index (κ2) is 3.71. The molecule has 2 nitrogen and oxygen atoms in total. The number of nitrogens with two attached hydrogens (primary N) is 1. The zero-order valence-corrected chi connectivity index (χ0v) is 10.9. The van der Waals surface area contributed by atoms with Crippen molar-refractivity contribution in [3.05, 3.63) is 0 Å². The number of hydrogen-bond acceptors (Lipinski definition) is 2. The third kappa shape index (κ3) is 1.84. The lowest BCUT2D eigenvalue weighted by molar-refractivity contribution is -0.0636. The molecule has 96 valence electrons. The first-order valence-corrected chi connectivity index (χ1v) is 7.69. The molecule has 1 heterocycles. The van der Waals surface area contributed by atoms with Crippen LogP contribution in [0.25, 0.3) is 0 Å². The summed E-state index contributed by atoms with van der Waals surface area (Å²) in [6.45, 7) is 3.65. The van der Waals surface area contributed by atoms with Gasteiger partial charge in [0.05, 0.1) is 0 Å². The molecule has 0 aromatic heterocycles. The lowest BCUT2D eigenvalue weighted by atomic mass is 9.49. The predicted octanol–water partition coefficient (Wildman–Crippen LogP) is 2.24. The number of nitrogens with zero attached hydrogens (tertiary/aromatic N) is 1. The minimum absolute atomic E-state index is 0.478. The summed E-state index contributed by atoms with van der Waals surface area (Å²) in [6.07, 6.45) is 10.9. The van der Waals surface area contributed by atoms with Crippen LogP contribution in [0.1, 0.15) is 44.9 Å². The highest BCUT2D eigenvalue weighted by Gasteiger charge is 2.50. The minimum atomic E-state index is 0.478. The molecule has 4 saturated carbocycles. The van der Waals surface area contributed by atoms with Crippen molar-refractivity contribution in [2.75, 3.05) is 19.6 Å². The lowest BCUT2D eigenvalue weighted by Gasteiger charge is -2.57. The standard InChI is InChI=1S/C15H26N2/c16-14-9-17(10-14)2-1-15-6-11-3-12(7-15)5-13(4-11)8-15/h11-14H,1-10,16H2. The van der Waals surface area contributed by atoms with Crippen molar-refractivity contribution < 1.29 is 0 Å². The maximum absolute atomic E-state index is 5.86. The van der Waals surface area contributed by atoms with Gasteiger partial charge in [0.15, 0.2) is 0 Å². The first-order chi connectivity index (χ1) is 8.21. The van der Waals surface area contributed by atoms with Crippen LogP contribution in [0.5, 0.6) is 0 Å². The molecule has 0 aromatic carbocycles. The Morgan fingerprint density at radius 2 is 1.47 bits per heavy atom. The van der Waals surface area contributed by atoms with Crippen LogP contribution in [0.4, 0.5) is 0 Å². The van der Waals surface area contributed by atoms with Gasteiger partial charge in [-0.15, -0.1) is 0 Å². The first kappa shape index (κ1) is 10.8. The van der Waals surface area contributed by atoms with Crippen molar-refractivity contribution in [2.45, 2.75) is 51.0 Å². The Balaban J connectivity index is 1.39. The molecule has 5 rings (SSSR count). The zero-order chi connectivity index (χ0) is 11.5. The molecule has 17 heavy (non-hydrogen) atoms. The fourth-order valence-electron chi connectivity index (χ4n) is 5.78. The van der Waals surface area contributed by atoms with Gasteiger partial charge in [0, 0.05) is 19.1 Å². The SMILES string of the molecule is NC1CN(CCC23CC4CC(CC(C4)C2)C3)C1. The molecule has 4 aliphatic carbocycles. The molecule has 1 saturated heterocycles. The molecule has 5 aliphatic rings. The molecule has 4 bridgehead atoms. The van der Waals surface area contributed by atoms with E-state index in [1.165, 1.54) is 13.0 Å². The van der Waals surface area contributed by atoms with E-state index in [1.807, 2.05) is 0 Å². The van der Waals surface area contributed by atoms with Crippen LogP contribution < -0.4 is 5.73 Å². The second-order valence-electron chi connectivity index (χ2n) is 7.69. The van der Waals surface area contributed by atoms with Crippen molar-refractivity contribution in [1.82, 2.24) is 4.90 Å². The van der Waals surface area contributed by atoms with Gasteiger partial charge in [-0.25, -0.2) is 0 Å². The highest BCUT2D eigenvalue weighted by molar-refractivity contribution is 5.01. The van der Waals surface area contributed by atoms with Gasteiger partial charge in [-0.3, -0.25) is 0 Å². The Morgan fingerprint density at radius 3 is 1.94 bits per heavy atom. The lowest BCUT2D eigenvalue weighted by Crippen LogP contribution is -2.57. The van der Waals surface area contributed by atoms with E-state index in [0.717, 1.165) is 36.3 Å². The summed E-state index contributed by atoms with van der Waals surface area (Å²) in [4.78, 5) is 2.57. The smallest absolute Gasteiger partial charge is 0.0297 e. The van der Waals surface area contributed by atoms with Crippen LogP contribution in [0.15, 0.2) is 0 Å². The molecule has 0 amide bonds. The van der Waals surface area contributed by atoms with Gasteiger partial charge in [-0.05, 0) is 74.7 Å². The predicted molar refractivity (Wildman–Crippen MR) is 69.6 cm³/mol. The molecule has 0 atom stereocenters. The molecule has 2 N–H and O–H groups in total. The molecular weight excluding hydrogens is 208 g/mol. The summed E-state index contributed by atoms with van der Waals surface area (Å²) in [5.41, 5.74) is 6.64.